The van der Waals surface area contributed by atoms with Gasteiger partial charge in [0, 0.05) is 22.4 Å². The van der Waals surface area contributed by atoms with Gasteiger partial charge in [-0.15, -0.1) is 0 Å². The highest BCUT2D eigenvalue weighted by Gasteiger charge is 2.18. The van der Waals surface area contributed by atoms with Crippen molar-refractivity contribution in [3.63, 3.8) is 0 Å². The molecule has 140 valence electrons. The molecule has 0 radical (unpaired) electrons. The molecule has 0 saturated carbocycles. The molecule has 0 fully saturated rings. The minimum Gasteiger partial charge on any atom is -0.443 e. The number of hydrogen-bond acceptors (Lipinski definition) is 4. The van der Waals surface area contributed by atoms with E-state index in [1.54, 1.807) is 37.3 Å². The maximum Gasteiger partial charge on any atom is 0.426 e. The normalized spacial score (nSPS) is 11.3. The number of halogens is 1. The van der Waals surface area contributed by atoms with Gasteiger partial charge in [-0.05, 0) is 45.0 Å². The minimum absolute atomic E-state index is 0.330. The van der Waals surface area contributed by atoms with Crippen LogP contribution in [0.25, 0.3) is 16.9 Å². The van der Waals surface area contributed by atoms with E-state index < -0.39 is 17.6 Å². The fourth-order valence-electron chi connectivity index (χ4n) is 2.43. The summed E-state index contributed by atoms with van der Waals surface area (Å²) in [4.78, 5) is 28.7. The van der Waals surface area contributed by atoms with E-state index in [-0.39, 0.29) is 0 Å². The van der Waals surface area contributed by atoms with Crippen LogP contribution < -0.4 is 10.9 Å². The van der Waals surface area contributed by atoms with Gasteiger partial charge in [0.15, 0.2) is 0 Å². The lowest BCUT2D eigenvalue weighted by atomic mass is 10.2. The van der Waals surface area contributed by atoms with Crippen molar-refractivity contribution in [2.45, 2.75) is 26.4 Å². The van der Waals surface area contributed by atoms with Crippen LogP contribution in [0, 0.1) is 0 Å². The zero-order valence-corrected chi connectivity index (χ0v) is 16.7. The lowest BCUT2D eigenvalue weighted by molar-refractivity contribution is 0.0483. The quantitative estimate of drug-likeness (QED) is 0.603. The molecule has 3 rings (SSSR count). The number of ether oxygens (including phenoxy) is 1. The van der Waals surface area contributed by atoms with Crippen molar-refractivity contribution in [2.75, 3.05) is 0 Å². The van der Waals surface area contributed by atoms with Gasteiger partial charge >= 0.3 is 6.09 Å². The molecule has 2 amide bonds. The van der Waals surface area contributed by atoms with E-state index in [0.717, 1.165) is 15.7 Å². The Labute approximate surface area is 164 Å². The predicted octanol–water partition coefficient (Wildman–Crippen LogP) is 3.93. The Morgan fingerprint density at radius 2 is 1.81 bits per heavy atom. The first-order valence-electron chi connectivity index (χ1n) is 8.26. The number of imidazole rings is 1. The summed E-state index contributed by atoms with van der Waals surface area (Å²) in [7, 11) is 0. The Hall–Kier alpha value is -2.87. The van der Waals surface area contributed by atoms with Gasteiger partial charge in [-0.2, -0.15) is 0 Å². The highest BCUT2D eigenvalue weighted by atomic mass is 79.9. The van der Waals surface area contributed by atoms with Crippen molar-refractivity contribution in [3.05, 3.63) is 58.8 Å². The summed E-state index contributed by atoms with van der Waals surface area (Å²) in [5.41, 5.74) is 6.42. The molecule has 27 heavy (non-hydrogen) atoms. The van der Waals surface area contributed by atoms with E-state index in [9.17, 15) is 9.59 Å². The summed E-state index contributed by atoms with van der Waals surface area (Å²) in [5, 5.41) is 0. The van der Waals surface area contributed by atoms with Crippen LogP contribution in [-0.4, -0.2) is 27.0 Å². The Kier molecular flexibility index (Phi) is 5.18. The molecule has 2 N–H and O–H groups in total. The number of fused-ring (bicyclic) bond motifs is 1. The van der Waals surface area contributed by atoms with Gasteiger partial charge in [0.2, 0.25) is 0 Å². The van der Waals surface area contributed by atoms with Crippen LogP contribution in [0.4, 0.5) is 4.79 Å². The Bertz CT molecular complexity index is 990. The van der Waals surface area contributed by atoms with E-state index in [1.807, 2.05) is 36.7 Å². The molecule has 0 saturated heterocycles. The Balaban J connectivity index is 1.81. The maximum absolute atomic E-state index is 12.5. The standard InChI is InChI=1S/C19H19BrN4O3/c1-19(2,3)27-18(26)23-22-17(25)14-5-4-10-24-11-15(21-16(14)24)12-6-8-13(20)9-7-12/h4-11H,1-3H3,(H,22,25)(H,23,26). The van der Waals surface area contributed by atoms with Gasteiger partial charge in [0.1, 0.15) is 11.2 Å². The summed E-state index contributed by atoms with van der Waals surface area (Å²) in [6, 6.07) is 11.1. The van der Waals surface area contributed by atoms with Crippen molar-refractivity contribution in [2.24, 2.45) is 0 Å². The van der Waals surface area contributed by atoms with Crippen molar-refractivity contribution in [3.8, 4) is 11.3 Å². The highest BCUT2D eigenvalue weighted by molar-refractivity contribution is 9.10. The monoisotopic (exact) mass is 430 g/mol. The molecule has 0 aliphatic carbocycles. The molecule has 0 atom stereocenters. The third-order valence-electron chi connectivity index (χ3n) is 3.54. The first kappa shape index (κ1) is 18.9. The van der Waals surface area contributed by atoms with Crippen LogP contribution >= 0.6 is 15.9 Å². The summed E-state index contributed by atoms with van der Waals surface area (Å²) in [6.07, 6.45) is 2.92. The van der Waals surface area contributed by atoms with Gasteiger partial charge in [-0.1, -0.05) is 28.1 Å². The molecular weight excluding hydrogens is 412 g/mol. The zero-order chi connectivity index (χ0) is 19.6. The van der Waals surface area contributed by atoms with Crippen molar-refractivity contribution >= 4 is 33.6 Å². The number of carbonyl (C=O) groups is 2. The summed E-state index contributed by atoms with van der Waals surface area (Å²) >= 11 is 3.41. The number of nitrogens with zero attached hydrogens (tertiary/aromatic N) is 2. The second-order valence-corrected chi connectivity index (χ2v) is 7.78. The lowest BCUT2D eigenvalue weighted by Crippen LogP contribution is -2.44. The van der Waals surface area contributed by atoms with Gasteiger partial charge in [0.05, 0.1) is 11.3 Å². The average Bonchev–Trinajstić information content (AvgIpc) is 3.03. The number of pyridine rings is 1. The molecule has 0 aliphatic heterocycles. The van der Waals surface area contributed by atoms with E-state index in [0.29, 0.717) is 11.2 Å². The summed E-state index contributed by atoms with van der Waals surface area (Å²) in [6.45, 7) is 5.22. The second-order valence-electron chi connectivity index (χ2n) is 6.87. The van der Waals surface area contributed by atoms with Crippen LogP contribution in [0.1, 0.15) is 31.1 Å². The van der Waals surface area contributed by atoms with Gasteiger partial charge in [0.25, 0.3) is 5.91 Å². The predicted molar refractivity (Wildman–Crippen MR) is 105 cm³/mol. The fourth-order valence-corrected chi connectivity index (χ4v) is 2.69. The van der Waals surface area contributed by atoms with E-state index in [2.05, 4.69) is 31.8 Å². The van der Waals surface area contributed by atoms with Gasteiger partial charge in [-0.3, -0.25) is 10.2 Å². The first-order valence-corrected chi connectivity index (χ1v) is 9.05. The van der Waals surface area contributed by atoms with Crippen LogP contribution in [0.2, 0.25) is 0 Å². The number of amides is 2. The van der Waals surface area contributed by atoms with E-state index >= 15 is 0 Å². The third kappa shape index (κ3) is 4.65. The first-order chi connectivity index (χ1) is 12.7. The zero-order valence-electron chi connectivity index (χ0n) is 15.1. The fraction of sp³-hybridized carbons (Fsp3) is 0.211. The molecule has 0 aliphatic rings. The second kappa shape index (κ2) is 7.40. The lowest BCUT2D eigenvalue weighted by Gasteiger charge is -2.19. The SMILES string of the molecule is CC(C)(C)OC(=O)NNC(=O)c1cccn2cc(-c3ccc(Br)cc3)nc12. The molecule has 2 heterocycles. The van der Waals surface area contributed by atoms with E-state index in [4.69, 9.17) is 4.74 Å². The topological polar surface area (TPSA) is 84.7 Å². The molecule has 7 nitrogen and oxygen atoms in total. The largest absolute Gasteiger partial charge is 0.443 e. The smallest absolute Gasteiger partial charge is 0.426 e. The number of rotatable bonds is 2. The number of carbonyl (C=O) groups excluding carboxylic acids is 2. The Morgan fingerprint density at radius 1 is 1.11 bits per heavy atom. The van der Waals surface area contributed by atoms with Gasteiger partial charge < -0.3 is 9.14 Å². The molecular formula is C19H19BrN4O3. The van der Waals surface area contributed by atoms with E-state index in [1.165, 1.54) is 0 Å². The molecule has 2 aromatic heterocycles. The molecule has 3 aromatic rings. The average molecular weight is 431 g/mol. The molecule has 0 bridgehead atoms. The number of hydrazine groups is 1. The highest BCUT2D eigenvalue weighted by Crippen LogP contribution is 2.22. The third-order valence-corrected chi connectivity index (χ3v) is 4.07. The minimum atomic E-state index is -0.735. The number of nitrogens with one attached hydrogen (secondary N) is 2. The van der Waals surface area contributed by atoms with Crippen molar-refractivity contribution in [1.29, 1.82) is 0 Å². The summed E-state index contributed by atoms with van der Waals surface area (Å²) in [5.74, 6) is -0.487. The van der Waals surface area contributed by atoms with Crippen LogP contribution in [-0.2, 0) is 4.74 Å². The molecule has 0 spiro atoms. The maximum atomic E-state index is 12.5. The van der Waals surface area contributed by atoms with Crippen LogP contribution in [0.3, 0.4) is 0 Å². The summed E-state index contributed by atoms with van der Waals surface area (Å²) < 4.78 is 7.83. The molecule has 0 unspecified atom stereocenters. The molecule has 1 aromatic carbocycles. The van der Waals surface area contributed by atoms with Crippen molar-refractivity contribution in [1.82, 2.24) is 20.2 Å². The number of aromatic nitrogens is 2. The van der Waals surface area contributed by atoms with Crippen LogP contribution in [0.15, 0.2) is 53.3 Å². The van der Waals surface area contributed by atoms with Gasteiger partial charge in [-0.25, -0.2) is 15.2 Å². The molecule has 8 heteroatoms. The Morgan fingerprint density at radius 3 is 2.48 bits per heavy atom. The van der Waals surface area contributed by atoms with Crippen molar-refractivity contribution < 1.29 is 14.3 Å². The number of benzene rings is 1. The van der Waals surface area contributed by atoms with Crippen LogP contribution in [0.5, 0.6) is 0 Å². The number of hydrogen-bond donors (Lipinski definition) is 2.